The van der Waals surface area contributed by atoms with Gasteiger partial charge in [-0.2, -0.15) is 0 Å². The summed E-state index contributed by atoms with van der Waals surface area (Å²) in [6.45, 7) is 14.9. The second-order valence-corrected chi connectivity index (χ2v) is 8.99. The summed E-state index contributed by atoms with van der Waals surface area (Å²) in [5.74, 6) is 0.854. The van der Waals surface area contributed by atoms with Gasteiger partial charge in [0.15, 0.2) is 5.96 Å². The monoisotopic (exact) mass is 509 g/mol. The van der Waals surface area contributed by atoms with Crippen molar-refractivity contribution in [1.82, 2.24) is 20.9 Å². The molecule has 1 aliphatic rings. The highest BCUT2D eigenvalue weighted by atomic mass is 127. The highest BCUT2D eigenvalue weighted by Gasteiger charge is 2.24. The molecule has 0 bridgehead atoms. The van der Waals surface area contributed by atoms with E-state index in [1.165, 1.54) is 9.75 Å². The van der Waals surface area contributed by atoms with E-state index in [0.717, 1.165) is 51.9 Å². The Labute approximate surface area is 185 Å². The van der Waals surface area contributed by atoms with E-state index < -0.39 is 0 Å². The van der Waals surface area contributed by atoms with Gasteiger partial charge in [-0.3, -0.25) is 9.89 Å². The van der Waals surface area contributed by atoms with Crippen molar-refractivity contribution in [3.8, 4) is 0 Å². The highest BCUT2D eigenvalue weighted by Crippen LogP contribution is 2.27. The van der Waals surface area contributed by atoms with E-state index in [4.69, 9.17) is 4.74 Å². The summed E-state index contributed by atoms with van der Waals surface area (Å²) in [5.41, 5.74) is 0.136. The van der Waals surface area contributed by atoms with E-state index in [9.17, 15) is 0 Å². The fourth-order valence-electron chi connectivity index (χ4n) is 2.96. The van der Waals surface area contributed by atoms with E-state index in [2.05, 4.69) is 65.7 Å². The fourth-order valence-corrected chi connectivity index (χ4v) is 3.98. The van der Waals surface area contributed by atoms with Crippen molar-refractivity contribution >= 4 is 41.3 Å². The van der Waals surface area contributed by atoms with Crippen LogP contribution >= 0.6 is 35.3 Å². The quantitative estimate of drug-likeness (QED) is 0.228. The smallest absolute Gasteiger partial charge is 0.191 e. The molecule has 0 radical (unpaired) electrons. The summed E-state index contributed by atoms with van der Waals surface area (Å²) in [6, 6.07) is 4.81. The van der Waals surface area contributed by atoms with Gasteiger partial charge < -0.3 is 20.7 Å². The summed E-state index contributed by atoms with van der Waals surface area (Å²) >= 11 is 1.88. The van der Waals surface area contributed by atoms with Gasteiger partial charge in [-0.25, -0.2) is 0 Å². The van der Waals surface area contributed by atoms with Crippen molar-refractivity contribution < 1.29 is 4.74 Å². The minimum atomic E-state index is 0. The Hall–Kier alpha value is -0.420. The first-order chi connectivity index (χ1) is 12.4. The number of aryl methyl sites for hydroxylation is 1. The highest BCUT2D eigenvalue weighted by molar-refractivity contribution is 14.0. The molecule has 6 nitrogen and oxygen atoms in total. The molecule has 1 aromatic heterocycles. The van der Waals surface area contributed by atoms with Crippen LogP contribution in [0.5, 0.6) is 0 Å². The normalized spacial score (nSPS) is 17.3. The fraction of sp³-hybridized carbons (Fsp3) is 0.737. The van der Waals surface area contributed by atoms with Gasteiger partial charge in [0, 0.05) is 55.1 Å². The van der Waals surface area contributed by atoms with Gasteiger partial charge in [0.25, 0.3) is 0 Å². The maximum atomic E-state index is 5.53. The second-order valence-electron chi connectivity index (χ2n) is 7.67. The first-order valence-electron chi connectivity index (χ1n) is 9.47. The number of nitrogens with zero attached hydrogens (tertiary/aromatic N) is 2. The molecule has 2 heterocycles. The lowest BCUT2D eigenvalue weighted by Gasteiger charge is -2.34. The lowest BCUT2D eigenvalue weighted by molar-refractivity contribution is 0.0177. The van der Waals surface area contributed by atoms with E-state index in [-0.39, 0.29) is 29.5 Å². The molecule has 0 spiro atoms. The topological polar surface area (TPSA) is 60.9 Å². The van der Waals surface area contributed by atoms with Gasteiger partial charge in [0.1, 0.15) is 0 Å². The van der Waals surface area contributed by atoms with Gasteiger partial charge in [-0.1, -0.05) is 0 Å². The first-order valence-corrected chi connectivity index (χ1v) is 10.3. The number of hydrogen-bond donors (Lipinski definition) is 3. The molecule has 0 amide bonds. The number of ether oxygens (including phenoxy) is 1. The third kappa shape index (κ3) is 9.08. The van der Waals surface area contributed by atoms with Crippen molar-refractivity contribution in [3.05, 3.63) is 21.9 Å². The second kappa shape index (κ2) is 12.2. The van der Waals surface area contributed by atoms with Crippen LogP contribution in [0.15, 0.2) is 17.1 Å². The van der Waals surface area contributed by atoms with Crippen LogP contribution in [0, 0.1) is 6.92 Å². The number of rotatable bonds is 7. The molecule has 0 aromatic carbocycles. The number of nitrogens with one attached hydrogen (secondary N) is 3. The number of guanidine groups is 1. The minimum absolute atomic E-state index is 0. The molecule has 8 heteroatoms. The number of morpholine rings is 1. The van der Waals surface area contributed by atoms with Crippen LogP contribution in [0.2, 0.25) is 0 Å². The molecular formula is C19H36IN5OS. The van der Waals surface area contributed by atoms with E-state index in [1.54, 1.807) is 0 Å². The zero-order valence-corrected chi connectivity index (χ0v) is 20.4. The number of aliphatic imine (C=N–C) groups is 1. The average molecular weight is 510 g/mol. The maximum Gasteiger partial charge on any atom is 0.191 e. The Morgan fingerprint density at radius 2 is 1.93 bits per heavy atom. The van der Waals surface area contributed by atoms with Gasteiger partial charge in [0.2, 0.25) is 0 Å². The van der Waals surface area contributed by atoms with Crippen LogP contribution in [0.4, 0.5) is 0 Å². The molecule has 156 valence electrons. The molecule has 1 unspecified atom stereocenters. The molecular weight excluding hydrogens is 473 g/mol. The summed E-state index contributed by atoms with van der Waals surface area (Å²) in [4.78, 5) is 9.63. The maximum absolute atomic E-state index is 5.53. The predicted octanol–water partition coefficient (Wildman–Crippen LogP) is 2.60. The Balaban J connectivity index is 0.00000364. The van der Waals surface area contributed by atoms with E-state index in [1.807, 2.05) is 18.4 Å². The van der Waals surface area contributed by atoms with E-state index >= 15 is 0 Å². The van der Waals surface area contributed by atoms with Crippen molar-refractivity contribution in [2.75, 3.05) is 53.0 Å². The lowest BCUT2D eigenvalue weighted by Crippen LogP contribution is -2.48. The van der Waals surface area contributed by atoms with Crippen molar-refractivity contribution in [2.45, 2.75) is 39.3 Å². The largest absolute Gasteiger partial charge is 0.379 e. The molecule has 1 aliphatic heterocycles. The van der Waals surface area contributed by atoms with Crippen molar-refractivity contribution in [1.29, 1.82) is 0 Å². The first kappa shape index (κ1) is 24.6. The Morgan fingerprint density at radius 3 is 2.48 bits per heavy atom. The average Bonchev–Trinajstić information content (AvgIpc) is 3.03. The minimum Gasteiger partial charge on any atom is -0.379 e. The number of thiophene rings is 1. The van der Waals surface area contributed by atoms with Crippen LogP contribution in [-0.2, 0) is 4.74 Å². The summed E-state index contributed by atoms with van der Waals surface area (Å²) in [6.07, 6.45) is 0. The molecule has 1 atom stereocenters. The molecule has 1 aromatic rings. The van der Waals surface area contributed by atoms with Crippen LogP contribution in [0.1, 0.15) is 36.6 Å². The SMILES string of the molecule is CN=C(NCCNC(C)(C)C)NCC(c1ccc(C)s1)N1CCOCC1.I. The molecule has 27 heavy (non-hydrogen) atoms. The van der Waals surface area contributed by atoms with Crippen molar-refractivity contribution in [3.63, 3.8) is 0 Å². The molecule has 3 N–H and O–H groups in total. The molecule has 2 rings (SSSR count). The predicted molar refractivity (Wildman–Crippen MR) is 127 cm³/mol. The third-order valence-electron chi connectivity index (χ3n) is 4.34. The molecule has 0 aliphatic carbocycles. The van der Waals surface area contributed by atoms with Gasteiger partial charge in [0.05, 0.1) is 19.3 Å². The van der Waals surface area contributed by atoms with Crippen molar-refractivity contribution in [2.24, 2.45) is 4.99 Å². The summed E-state index contributed by atoms with van der Waals surface area (Å²) in [7, 11) is 1.82. The van der Waals surface area contributed by atoms with Crippen LogP contribution in [0.25, 0.3) is 0 Å². The van der Waals surface area contributed by atoms with Gasteiger partial charge in [-0.15, -0.1) is 35.3 Å². The van der Waals surface area contributed by atoms with Crippen LogP contribution in [-0.4, -0.2) is 69.4 Å². The molecule has 1 fully saturated rings. The number of halogens is 1. The zero-order valence-electron chi connectivity index (χ0n) is 17.3. The summed E-state index contributed by atoms with van der Waals surface area (Å²) in [5, 5.41) is 10.4. The zero-order chi connectivity index (χ0) is 19.0. The number of hydrogen-bond acceptors (Lipinski definition) is 5. The van der Waals surface area contributed by atoms with Crippen LogP contribution < -0.4 is 16.0 Å². The van der Waals surface area contributed by atoms with Gasteiger partial charge >= 0.3 is 0 Å². The standard InChI is InChI=1S/C19H35N5OS.HI/c1-15-6-7-17(26-15)16(24-10-12-25-13-11-24)14-22-18(20-5)21-8-9-23-19(2,3)4;/h6-7,16,23H,8-14H2,1-5H3,(H2,20,21,22);1H. The van der Waals surface area contributed by atoms with E-state index in [0.29, 0.717) is 6.04 Å². The Morgan fingerprint density at radius 1 is 1.22 bits per heavy atom. The lowest BCUT2D eigenvalue weighted by atomic mass is 10.1. The molecule has 1 saturated heterocycles. The summed E-state index contributed by atoms with van der Waals surface area (Å²) < 4.78 is 5.53. The molecule has 0 saturated carbocycles. The Kier molecular flexibility index (Phi) is 11.1. The Bertz CT molecular complexity index is 567. The van der Waals surface area contributed by atoms with Gasteiger partial charge in [-0.05, 0) is 39.8 Å². The third-order valence-corrected chi connectivity index (χ3v) is 5.44. The van der Waals surface area contributed by atoms with Crippen LogP contribution in [0.3, 0.4) is 0 Å².